The molecule has 0 saturated heterocycles. The summed E-state index contributed by atoms with van der Waals surface area (Å²) in [5, 5.41) is 18.1. The first-order valence-corrected chi connectivity index (χ1v) is 3.81. The van der Waals surface area contributed by atoms with Gasteiger partial charge >= 0.3 is 0 Å². The number of aromatic hydroxyl groups is 1. The molecule has 0 atom stereocenters. The minimum absolute atomic E-state index is 0.144. The first-order valence-electron chi connectivity index (χ1n) is 3.81. The lowest BCUT2D eigenvalue weighted by atomic mass is 10.0. The molecule has 0 bridgehead atoms. The predicted molar refractivity (Wildman–Crippen MR) is 47.6 cm³/mol. The van der Waals surface area contributed by atoms with E-state index in [4.69, 9.17) is 5.26 Å². The monoisotopic (exact) mass is 175 g/mol. The van der Waals surface area contributed by atoms with Crippen LogP contribution in [0.3, 0.4) is 0 Å². The zero-order chi connectivity index (χ0) is 10.0. The van der Waals surface area contributed by atoms with Crippen LogP contribution in [0.5, 0.6) is 5.75 Å². The van der Waals surface area contributed by atoms with Crippen LogP contribution in [0.4, 0.5) is 0 Å². The number of hydrogen-bond donors (Lipinski definition) is 1. The van der Waals surface area contributed by atoms with Gasteiger partial charge in [-0.25, -0.2) is 0 Å². The highest BCUT2D eigenvalue weighted by atomic mass is 16.3. The number of ketones is 1. The molecule has 66 valence electrons. The van der Waals surface area contributed by atoms with Crippen molar-refractivity contribution in [3.05, 3.63) is 28.8 Å². The van der Waals surface area contributed by atoms with Crippen molar-refractivity contribution in [3.63, 3.8) is 0 Å². The number of rotatable bonds is 1. The van der Waals surface area contributed by atoms with Gasteiger partial charge in [-0.15, -0.1) is 0 Å². The third kappa shape index (κ3) is 1.67. The quantitative estimate of drug-likeness (QED) is 0.661. The molecule has 0 radical (unpaired) electrons. The van der Waals surface area contributed by atoms with E-state index in [0.29, 0.717) is 0 Å². The van der Waals surface area contributed by atoms with E-state index in [9.17, 15) is 9.90 Å². The largest absolute Gasteiger partial charge is 0.506 e. The maximum absolute atomic E-state index is 11.0. The van der Waals surface area contributed by atoms with E-state index >= 15 is 0 Å². The Hall–Kier alpha value is -1.82. The third-order valence-corrected chi connectivity index (χ3v) is 1.75. The third-order valence-electron chi connectivity index (χ3n) is 1.75. The van der Waals surface area contributed by atoms with Crippen LogP contribution >= 0.6 is 0 Å². The molecular formula is C10H9NO2. The average Bonchev–Trinajstić information content (AvgIpc) is 2.08. The Labute approximate surface area is 76.2 Å². The zero-order valence-electron chi connectivity index (χ0n) is 7.46. The summed E-state index contributed by atoms with van der Waals surface area (Å²) in [6, 6.07) is 4.94. The molecule has 0 saturated carbocycles. The van der Waals surface area contributed by atoms with E-state index in [-0.39, 0.29) is 22.7 Å². The van der Waals surface area contributed by atoms with Crippen LogP contribution in [0.15, 0.2) is 12.1 Å². The molecule has 0 aromatic heterocycles. The molecule has 1 N–H and O–H groups in total. The Balaban J connectivity index is 3.47. The van der Waals surface area contributed by atoms with Crippen LogP contribution in [0.1, 0.15) is 28.4 Å². The number of nitrogens with zero attached hydrogens (tertiary/aromatic N) is 1. The van der Waals surface area contributed by atoms with Crippen LogP contribution in [0.25, 0.3) is 0 Å². The number of phenolic OH excluding ortho intramolecular Hbond substituents is 1. The van der Waals surface area contributed by atoms with E-state index in [2.05, 4.69) is 0 Å². The van der Waals surface area contributed by atoms with Crippen molar-refractivity contribution in [3.8, 4) is 11.8 Å². The van der Waals surface area contributed by atoms with E-state index < -0.39 is 0 Å². The number of nitriles is 1. The molecule has 0 fully saturated rings. The average molecular weight is 175 g/mol. The van der Waals surface area contributed by atoms with Crippen LogP contribution in [0, 0.1) is 18.3 Å². The fourth-order valence-corrected chi connectivity index (χ4v) is 1.13. The van der Waals surface area contributed by atoms with Crippen LogP contribution in [-0.4, -0.2) is 10.9 Å². The lowest BCUT2D eigenvalue weighted by molar-refractivity contribution is 0.101. The van der Waals surface area contributed by atoms with E-state index in [1.54, 1.807) is 19.1 Å². The highest BCUT2D eigenvalue weighted by molar-refractivity contribution is 5.97. The van der Waals surface area contributed by atoms with Gasteiger partial charge in [0, 0.05) is 0 Å². The smallest absolute Gasteiger partial charge is 0.163 e. The summed E-state index contributed by atoms with van der Waals surface area (Å²) >= 11 is 0. The second kappa shape index (κ2) is 3.28. The lowest BCUT2D eigenvalue weighted by Crippen LogP contribution is -1.95. The molecule has 0 spiro atoms. The summed E-state index contributed by atoms with van der Waals surface area (Å²) in [7, 11) is 0. The van der Waals surface area contributed by atoms with Gasteiger partial charge in [0.2, 0.25) is 0 Å². The Bertz CT molecular complexity index is 402. The highest BCUT2D eigenvalue weighted by Gasteiger charge is 2.11. The standard InChI is InChI=1S/C10H9NO2/c1-6-3-8(5-11)10(13)9(4-6)7(2)12/h3-4,13H,1-2H3. The van der Waals surface area contributed by atoms with Gasteiger partial charge < -0.3 is 5.11 Å². The summed E-state index contributed by atoms with van der Waals surface area (Å²) in [4.78, 5) is 11.0. The number of hydrogen-bond acceptors (Lipinski definition) is 3. The topological polar surface area (TPSA) is 61.1 Å². The first kappa shape index (κ1) is 9.27. The predicted octanol–water partition coefficient (Wildman–Crippen LogP) is 1.77. The van der Waals surface area contributed by atoms with Gasteiger partial charge in [0.25, 0.3) is 0 Å². The van der Waals surface area contributed by atoms with Crippen molar-refractivity contribution >= 4 is 5.78 Å². The Morgan fingerprint density at radius 2 is 2.15 bits per heavy atom. The SMILES string of the molecule is CC(=O)c1cc(C)cc(C#N)c1O. The van der Waals surface area contributed by atoms with Gasteiger partial charge in [0.15, 0.2) is 5.78 Å². The molecule has 1 rings (SSSR count). The van der Waals surface area contributed by atoms with Crippen molar-refractivity contribution in [1.82, 2.24) is 0 Å². The van der Waals surface area contributed by atoms with Crippen LogP contribution < -0.4 is 0 Å². The van der Waals surface area contributed by atoms with E-state index in [0.717, 1.165) is 5.56 Å². The van der Waals surface area contributed by atoms with E-state index in [1.165, 1.54) is 6.92 Å². The van der Waals surface area contributed by atoms with Crippen molar-refractivity contribution < 1.29 is 9.90 Å². The van der Waals surface area contributed by atoms with Gasteiger partial charge in [-0.05, 0) is 31.5 Å². The summed E-state index contributed by atoms with van der Waals surface area (Å²) in [5.74, 6) is -0.460. The summed E-state index contributed by atoms with van der Waals surface area (Å²) in [6.07, 6.45) is 0. The molecule has 0 heterocycles. The summed E-state index contributed by atoms with van der Waals surface area (Å²) < 4.78 is 0. The highest BCUT2D eigenvalue weighted by Crippen LogP contribution is 2.23. The number of benzene rings is 1. The zero-order valence-corrected chi connectivity index (χ0v) is 7.46. The lowest BCUT2D eigenvalue weighted by Gasteiger charge is -2.03. The molecule has 1 aromatic carbocycles. The first-order chi connectivity index (χ1) is 6.06. The second-order valence-corrected chi connectivity index (χ2v) is 2.88. The molecular weight excluding hydrogens is 166 g/mol. The van der Waals surface area contributed by atoms with Gasteiger partial charge in [-0.1, -0.05) is 0 Å². The molecule has 0 aliphatic rings. The van der Waals surface area contributed by atoms with Gasteiger partial charge in [0.1, 0.15) is 11.8 Å². The fraction of sp³-hybridized carbons (Fsp3) is 0.200. The van der Waals surface area contributed by atoms with E-state index in [1.807, 2.05) is 6.07 Å². The summed E-state index contributed by atoms with van der Waals surface area (Å²) in [6.45, 7) is 3.13. The number of phenols is 1. The number of Topliss-reactive ketones (excluding diaryl/α,β-unsaturated/α-hetero) is 1. The van der Waals surface area contributed by atoms with Gasteiger partial charge in [-0.3, -0.25) is 4.79 Å². The molecule has 1 aromatic rings. The second-order valence-electron chi connectivity index (χ2n) is 2.88. The molecule has 0 aliphatic heterocycles. The Morgan fingerprint density at radius 3 is 2.62 bits per heavy atom. The Morgan fingerprint density at radius 1 is 1.54 bits per heavy atom. The fourth-order valence-electron chi connectivity index (χ4n) is 1.13. The van der Waals surface area contributed by atoms with Crippen molar-refractivity contribution in [1.29, 1.82) is 5.26 Å². The number of aryl methyl sites for hydroxylation is 1. The minimum atomic E-state index is -0.238. The molecule has 3 nitrogen and oxygen atoms in total. The summed E-state index contributed by atoms with van der Waals surface area (Å²) in [5.41, 5.74) is 1.14. The maximum atomic E-state index is 11.0. The molecule has 13 heavy (non-hydrogen) atoms. The molecule has 0 aliphatic carbocycles. The van der Waals surface area contributed by atoms with Crippen molar-refractivity contribution in [2.24, 2.45) is 0 Å². The molecule has 3 heteroatoms. The maximum Gasteiger partial charge on any atom is 0.163 e. The minimum Gasteiger partial charge on any atom is -0.506 e. The van der Waals surface area contributed by atoms with Crippen molar-refractivity contribution in [2.75, 3.05) is 0 Å². The van der Waals surface area contributed by atoms with Gasteiger partial charge in [0.05, 0.1) is 11.1 Å². The normalized spacial score (nSPS) is 9.31. The van der Waals surface area contributed by atoms with Gasteiger partial charge in [-0.2, -0.15) is 5.26 Å². The number of carbonyl (C=O) groups excluding carboxylic acids is 1. The van der Waals surface area contributed by atoms with Crippen molar-refractivity contribution in [2.45, 2.75) is 13.8 Å². The Kier molecular flexibility index (Phi) is 2.34. The molecule has 0 amide bonds. The van der Waals surface area contributed by atoms with Crippen LogP contribution in [-0.2, 0) is 0 Å². The molecule has 0 unspecified atom stereocenters. The van der Waals surface area contributed by atoms with Crippen LogP contribution in [0.2, 0.25) is 0 Å². The number of carbonyl (C=O) groups is 1.